The number of rotatable bonds is 7. The second-order valence-corrected chi connectivity index (χ2v) is 14.3. The Hall–Kier alpha value is -3.13. The number of carboxylic acids is 1. The van der Waals surface area contributed by atoms with E-state index in [-0.39, 0.29) is 22.8 Å². The van der Waals surface area contributed by atoms with Crippen LogP contribution in [-0.2, 0) is 28.6 Å². The van der Waals surface area contributed by atoms with Crippen LogP contribution < -0.4 is 15.6 Å². The number of benzene rings is 1. The molecule has 0 bridgehead atoms. The number of carbonyl (C=O) groups is 2. The van der Waals surface area contributed by atoms with E-state index in [9.17, 15) is 19.5 Å². The van der Waals surface area contributed by atoms with Crippen molar-refractivity contribution in [3.8, 4) is 5.75 Å². The van der Waals surface area contributed by atoms with Crippen molar-refractivity contribution in [1.82, 2.24) is 14.8 Å². The van der Waals surface area contributed by atoms with Gasteiger partial charge in [0.1, 0.15) is 11.8 Å². The van der Waals surface area contributed by atoms with Gasteiger partial charge in [0.2, 0.25) is 5.91 Å². The number of hydrogen-bond acceptors (Lipinski definition) is 5. The summed E-state index contributed by atoms with van der Waals surface area (Å²) in [5, 5.41) is 14.4. The predicted octanol–water partition coefficient (Wildman–Crippen LogP) is 5.43. The smallest absolute Gasteiger partial charge is 0.326 e. The highest BCUT2D eigenvalue weighted by atomic mass is 16.5. The third-order valence-corrected chi connectivity index (χ3v) is 9.27. The van der Waals surface area contributed by atoms with Gasteiger partial charge >= 0.3 is 5.97 Å². The van der Waals surface area contributed by atoms with Gasteiger partial charge in [-0.2, -0.15) is 0 Å². The number of likely N-dealkylation sites (tertiary alicyclic amines) is 1. The fraction of sp³-hybridized carbons (Fsp3) is 0.618. The summed E-state index contributed by atoms with van der Waals surface area (Å²) in [6.07, 6.45) is 6.17. The maximum absolute atomic E-state index is 14.3. The normalized spacial score (nSPS) is 23.7. The fourth-order valence-corrected chi connectivity index (χ4v) is 7.07. The molecule has 4 atom stereocenters. The van der Waals surface area contributed by atoms with E-state index in [4.69, 9.17) is 4.74 Å². The average Bonchev–Trinajstić information content (AvgIpc) is 3.28. The molecule has 1 aromatic heterocycles. The van der Waals surface area contributed by atoms with Crippen LogP contribution in [0.4, 0.5) is 0 Å². The van der Waals surface area contributed by atoms with Crippen molar-refractivity contribution in [2.45, 2.75) is 104 Å². The van der Waals surface area contributed by atoms with Crippen LogP contribution in [0.3, 0.4) is 0 Å². The number of ether oxygens (including phenoxy) is 1. The zero-order valence-corrected chi connectivity index (χ0v) is 26.6. The van der Waals surface area contributed by atoms with Gasteiger partial charge in [-0.25, -0.2) is 4.79 Å². The van der Waals surface area contributed by atoms with Gasteiger partial charge in [0, 0.05) is 48.8 Å². The number of nitrogens with one attached hydrogen (secondary N) is 1. The molecule has 4 rings (SSSR count). The minimum atomic E-state index is -1.07. The first-order valence-electron chi connectivity index (χ1n) is 15.3. The van der Waals surface area contributed by atoms with Gasteiger partial charge in [-0.3, -0.25) is 9.59 Å². The van der Waals surface area contributed by atoms with Gasteiger partial charge in [0.15, 0.2) is 0 Å². The predicted molar refractivity (Wildman–Crippen MR) is 165 cm³/mol. The van der Waals surface area contributed by atoms with Crippen LogP contribution >= 0.6 is 0 Å². The SMILES string of the molecule is COc1ccc(C(C)(C)C)cc1CN[C@H]1[C@H](C(C)(C)C)[C@@H](C(=O)O)N(C(=O)C2CCCCC2)[C@H]1c1cccn(C)c1=O. The van der Waals surface area contributed by atoms with E-state index in [1.54, 1.807) is 37.4 Å². The third-order valence-electron chi connectivity index (χ3n) is 9.27. The second kappa shape index (κ2) is 12.2. The van der Waals surface area contributed by atoms with Crippen LogP contribution in [0.15, 0.2) is 41.3 Å². The maximum Gasteiger partial charge on any atom is 0.326 e. The van der Waals surface area contributed by atoms with Crippen LogP contribution in [0, 0.1) is 17.3 Å². The zero-order valence-electron chi connectivity index (χ0n) is 26.6. The summed E-state index contributed by atoms with van der Waals surface area (Å²) in [6, 6.07) is 7.42. The lowest BCUT2D eigenvalue weighted by Gasteiger charge is -2.36. The summed E-state index contributed by atoms with van der Waals surface area (Å²) < 4.78 is 7.22. The maximum atomic E-state index is 14.3. The molecule has 2 aromatic rings. The number of hydrogen-bond donors (Lipinski definition) is 2. The van der Waals surface area contributed by atoms with Crippen molar-refractivity contribution in [2.75, 3.05) is 7.11 Å². The fourth-order valence-electron chi connectivity index (χ4n) is 7.07. The highest BCUT2D eigenvalue weighted by molar-refractivity contribution is 5.87. The van der Waals surface area contributed by atoms with Gasteiger partial charge in [0.25, 0.3) is 5.56 Å². The van der Waals surface area contributed by atoms with Crippen molar-refractivity contribution in [3.63, 3.8) is 0 Å². The number of aryl methyl sites for hydroxylation is 1. The van der Waals surface area contributed by atoms with Crippen LogP contribution in [0.25, 0.3) is 0 Å². The highest BCUT2D eigenvalue weighted by Gasteiger charge is 2.59. The summed E-state index contributed by atoms with van der Waals surface area (Å²) in [6.45, 7) is 12.9. The molecule has 1 aliphatic heterocycles. The van der Waals surface area contributed by atoms with Crippen molar-refractivity contribution in [1.29, 1.82) is 0 Å². The summed E-state index contributed by atoms with van der Waals surface area (Å²) in [5.74, 6) is -1.15. The first kappa shape index (κ1) is 31.8. The summed E-state index contributed by atoms with van der Waals surface area (Å²) >= 11 is 0. The monoisotopic (exact) mass is 579 g/mol. The van der Waals surface area contributed by atoms with Gasteiger partial charge < -0.3 is 24.6 Å². The first-order chi connectivity index (χ1) is 19.7. The van der Waals surface area contributed by atoms with Crippen LogP contribution in [0.1, 0.15) is 96.4 Å². The Morgan fingerprint density at radius 2 is 1.71 bits per heavy atom. The molecule has 1 amide bonds. The minimum absolute atomic E-state index is 0.0707. The third kappa shape index (κ3) is 6.29. The lowest BCUT2D eigenvalue weighted by atomic mass is 9.72. The topological polar surface area (TPSA) is 101 Å². The number of carboxylic acid groups (broad SMARTS) is 1. The summed E-state index contributed by atoms with van der Waals surface area (Å²) in [5.41, 5.74) is 1.76. The lowest BCUT2D eigenvalue weighted by Crippen LogP contribution is -2.49. The molecule has 8 nitrogen and oxygen atoms in total. The summed E-state index contributed by atoms with van der Waals surface area (Å²) in [7, 11) is 3.33. The van der Waals surface area contributed by atoms with E-state index >= 15 is 0 Å². The number of methoxy groups -OCH3 is 1. The zero-order chi connectivity index (χ0) is 31.0. The number of carbonyl (C=O) groups excluding carboxylic acids is 1. The molecule has 2 N–H and O–H groups in total. The molecule has 0 spiro atoms. The number of pyridine rings is 1. The standard InChI is InChI=1S/C34H49N3O5/c1-33(2,3)23-16-17-25(42-8)22(19-23)20-35-27-26(34(4,5)6)29(32(40)41)37(30(38)21-13-10-9-11-14-21)28(27)24-15-12-18-36(7)31(24)39/h12,15-19,21,26-29,35H,9-11,13-14,20H2,1-8H3,(H,40,41)/t26-,27-,28-,29-/m0/s1. The van der Waals surface area contributed by atoms with E-state index < -0.39 is 35.4 Å². The van der Waals surface area contributed by atoms with Gasteiger partial charge in [-0.15, -0.1) is 0 Å². The molecular weight excluding hydrogens is 530 g/mol. The molecule has 8 heteroatoms. The largest absolute Gasteiger partial charge is 0.496 e. The molecule has 42 heavy (non-hydrogen) atoms. The molecular formula is C34H49N3O5. The molecule has 2 heterocycles. The highest BCUT2D eigenvalue weighted by Crippen LogP contribution is 2.49. The average molecular weight is 580 g/mol. The van der Waals surface area contributed by atoms with E-state index in [0.29, 0.717) is 12.1 Å². The Labute approximate surface area is 250 Å². The van der Waals surface area contributed by atoms with E-state index in [2.05, 4.69) is 38.2 Å². The van der Waals surface area contributed by atoms with Gasteiger partial charge in [0.05, 0.1) is 13.2 Å². The molecule has 0 radical (unpaired) electrons. The van der Waals surface area contributed by atoms with Crippen LogP contribution in [0.5, 0.6) is 5.75 Å². The van der Waals surface area contributed by atoms with Crippen molar-refractivity contribution >= 4 is 11.9 Å². The number of nitrogens with zero attached hydrogens (tertiary/aromatic N) is 2. The molecule has 1 saturated carbocycles. The molecule has 2 fully saturated rings. The van der Waals surface area contributed by atoms with Crippen LogP contribution in [-0.4, -0.2) is 45.6 Å². The van der Waals surface area contributed by atoms with Gasteiger partial charge in [-0.1, -0.05) is 72.9 Å². The molecule has 1 saturated heterocycles. The second-order valence-electron chi connectivity index (χ2n) is 14.3. The van der Waals surface area contributed by atoms with E-state index in [0.717, 1.165) is 49.0 Å². The molecule has 2 aliphatic rings. The van der Waals surface area contributed by atoms with E-state index in [1.807, 2.05) is 26.8 Å². The Balaban J connectivity index is 1.87. The molecule has 1 aromatic carbocycles. The Morgan fingerprint density at radius 3 is 2.29 bits per heavy atom. The van der Waals surface area contributed by atoms with Crippen molar-refractivity contribution in [2.24, 2.45) is 24.3 Å². The number of aromatic nitrogens is 1. The lowest BCUT2D eigenvalue weighted by molar-refractivity contribution is -0.154. The van der Waals surface area contributed by atoms with Crippen molar-refractivity contribution in [3.05, 3.63) is 63.6 Å². The minimum Gasteiger partial charge on any atom is -0.496 e. The van der Waals surface area contributed by atoms with E-state index in [1.165, 1.54) is 4.57 Å². The quantitative estimate of drug-likeness (QED) is 0.454. The number of amides is 1. The number of aliphatic carboxylic acids is 1. The Kier molecular flexibility index (Phi) is 9.26. The molecule has 1 aliphatic carbocycles. The molecule has 230 valence electrons. The molecule has 0 unspecified atom stereocenters. The first-order valence-corrected chi connectivity index (χ1v) is 15.3. The van der Waals surface area contributed by atoms with Gasteiger partial charge in [-0.05, 0) is 47.4 Å². The Morgan fingerprint density at radius 1 is 1.05 bits per heavy atom. The Bertz CT molecular complexity index is 1350. The summed E-state index contributed by atoms with van der Waals surface area (Å²) in [4.78, 5) is 42.7. The van der Waals surface area contributed by atoms with Crippen molar-refractivity contribution < 1.29 is 19.4 Å². The van der Waals surface area contributed by atoms with Crippen LogP contribution in [0.2, 0.25) is 0 Å².